The van der Waals surface area contributed by atoms with Gasteiger partial charge in [-0.15, -0.1) is 5.10 Å². The first kappa shape index (κ1) is 12.1. The maximum Gasteiger partial charge on any atom is 0.347 e. The third kappa shape index (κ3) is 1.98. The number of aromatic nitrogens is 3. The van der Waals surface area contributed by atoms with E-state index in [4.69, 9.17) is 16.7 Å². The summed E-state index contributed by atoms with van der Waals surface area (Å²) in [5.41, 5.74) is 1.38. The van der Waals surface area contributed by atoms with Crippen LogP contribution in [0.2, 0.25) is 5.02 Å². The Morgan fingerprint density at radius 3 is 2.89 bits per heavy atom. The minimum Gasteiger partial charge on any atom is -0.477 e. The minimum atomic E-state index is -0.959. The number of benzene rings is 1. The number of hydrogen-bond acceptors (Lipinski definition) is 4. The number of thiazole rings is 1. The Kier molecular flexibility index (Phi) is 2.76. The molecule has 0 atom stereocenters. The van der Waals surface area contributed by atoms with Gasteiger partial charge in [0.2, 0.25) is 4.96 Å². The highest BCUT2D eigenvalue weighted by Gasteiger charge is 2.18. The van der Waals surface area contributed by atoms with Crippen LogP contribution in [-0.2, 0) is 0 Å². The van der Waals surface area contributed by atoms with Crippen LogP contribution in [0.4, 0.5) is 0 Å². The topological polar surface area (TPSA) is 67.5 Å². The van der Waals surface area contributed by atoms with Crippen molar-refractivity contribution in [3.05, 3.63) is 39.9 Å². The van der Waals surface area contributed by atoms with Gasteiger partial charge in [-0.1, -0.05) is 35.1 Å². The van der Waals surface area contributed by atoms with Gasteiger partial charge in [0.1, 0.15) is 4.88 Å². The van der Waals surface area contributed by atoms with Crippen LogP contribution >= 0.6 is 22.9 Å². The Hall–Kier alpha value is -1.92. The standard InChI is InChI=1S/C12H8ClN3O2S/c1-6-9(11(17)18)19-12-14-10(15-16(6)12)7-3-2-4-8(13)5-7/h2-5H,1H3,(H,17,18). The van der Waals surface area contributed by atoms with Crippen molar-refractivity contribution in [2.24, 2.45) is 0 Å². The summed E-state index contributed by atoms with van der Waals surface area (Å²) >= 11 is 7.04. The molecule has 1 aromatic carbocycles. The number of carboxylic acid groups (broad SMARTS) is 1. The molecule has 3 rings (SSSR count). The number of hydrogen-bond donors (Lipinski definition) is 1. The highest BCUT2D eigenvalue weighted by molar-refractivity contribution is 7.18. The Morgan fingerprint density at radius 2 is 2.26 bits per heavy atom. The molecule has 0 bridgehead atoms. The van der Waals surface area contributed by atoms with Gasteiger partial charge in [-0.3, -0.25) is 0 Å². The van der Waals surface area contributed by atoms with E-state index in [0.717, 1.165) is 16.9 Å². The predicted octanol–water partition coefficient (Wildman–Crippen LogP) is 3.12. The maximum atomic E-state index is 11.0. The van der Waals surface area contributed by atoms with Crippen LogP contribution < -0.4 is 0 Å². The molecular weight excluding hydrogens is 286 g/mol. The van der Waals surface area contributed by atoms with Gasteiger partial charge in [-0.05, 0) is 19.1 Å². The van der Waals surface area contributed by atoms with Crippen LogP contribution in [0, 0.1) is 6.92 Å². The number of carboxylic acids is 1. The second-order valence-electron chi connectivity index (χ2n) is 3.96. The summed E-state index contributed by atoms with van der Waals surface area (Å²) < 4.78 is 1.55. The molecule has 7 heteroatoms. The number of rotatable bonds is 2. The van der Waals surface area contributed by atoms with Crippen molar-refractivity contribution in [1.82, 2.24) is 14.6 Å². The smallest absolute Gasteiger partial charge is 0.347 e. The Morgan fingerprint density at radius 1 is 1.47 bits per heavy atom. The quantitative estimate of drug-likeness (QED) is 0.788. The first-order valence-corrected chi connectivity index (χ1v) is 6.61. The Bertz CT molecular complexity index is 793. The van der Waals surface area contributed by atoms with E-state index >= 15 is 0 Å². The van der Waals surface area contributed by atoms with Crippen LogP contribution in [0.3, 0.4) is 0 Å². The summed E-state index contributed by atoms with van der Waals surface area (Å²) in [7, 11) is 0. The van der Waals surface area contributed by atoms with Crippen molar-refractivity contribution in [1.29, 1.82) is 0 Å². The van der Waals surface area contributed by atoms with Gasteiger partial charge < -0.3 is 5.11 Å². The normalized spacial score (nSPS) is 11.1. The van der Waals surface area contributed by atoms with Gasteiger partial charge in [0.15, 0.2) is 5.82 Å². The summed E-state index contributed by atoms with van der Waals surface area (Å²) in [6, 6.07) is 7.23. The lowest BCUT2D eigenvalue weighted by atomic mass is 10.2. The molecule has 1 N–H and O–H groups in total. The number of aromatic carboxylic acids is 1. The van der Waals surface area contributed by atoms with Crippen LogP contribution in [0.25, 0.3) is 16.3 Å². The highest BCUT2D eigenvalue weighted by atomic mass is 35.5. The maximum absolute atomic E-state index is 11.0. The zero-order valence-corrected chi connectivity index (χ0v) is 11.4. The molecule has 96 valence electrons. The van der Waals surface area contributed by atoms with Gasteiger partial charge in [0.05, 0.1) is 5.69 Å². The van der Waals surface area contributed by atoms with Crippen molar-refractivity contribution >= 4 is 33.9 Å². The van der Waals surface area contributed by atoms with Gasteiger partial charge >= 0.3 is 5.97 Å². The van der Waals surface area contributed by atoms with E-state index in [-0.39, 0.29) is 4.88 Å². The molecule has 0 saturated heterocycles. The van der Waals surface area contributed by atoms with Gasteiger partial charge in [-0.25, -0.2) is 9.31 Å². The first-order chi connectivity index (χ1) is 9.06. The molecule has 3 aromatic rings. The number of carbonyl (C=O) groups is 1. The van der Waals surface area contributed by atoms with E-state index in [1.165, 1.54) is 0 Å². The molecule has 0 aliphatic rings. The molecule has 0 saturated carbocycles. The van der Waals surface area contributed by atoms with Crippen LogP contribution in [0.5, 0.6) is 0 Å². The second-order valence-corrected chi connectivity index (χ2v) is 5.38. The third-order valence-electron chi connectivity index (χ3n) is 2.69. The fourth-order valence-corrected chi connectivity index (χ4v) is 2.88. The van der Waals surface area contributed by atoms with Gasteiger partial charge in [0, 0.05) is 10.6 Å². The van der Waals surface area contributed by atoms with Gasteiger partial charge in [-0.2, -0.15) is 4.98 Å². The lowest BCUT2D eigenvalue weighted by Gasteiger charge is -1.95. The molecular formula is C12H8ClN3O2S. The zero-order valence-electron chi connectivity index (χ0n) is 9.79. The SMILES string of the molecule is Cc1c(C(=O)O)sc2nc(-c3cccc(Cl)c3)nn12. The summed E-state index contributed by atoms with van der Waals surface area (Å²) in [5, 5.41) is 14.0. The molecule has 0 fully saturated rings. The molecule has 0 spiro atoms. The molecule has 0 amide bonds. The van der Waals surface area contributed by atoms with E-state index in [1.807, 2.05) is 12.1 Å². The largest absolute Gasteiger partial charge is 0.477 e. The Labute approximate surface area is 117 Å². The molecule has 0 radical (unpaired) electrons. The van der Waals surface area contributed by atoms with Crippen molar-refractivity contribution in [2.45, 2.75) is 6.92 Å². The van der Waals surface area contributed by atoms with Crippen LogP contribution in [-0.4, -0.2) is 25.7 Å². The van der Waals surface area contributed by atoms with Crippen molar-refractivity contribution in [2.75, 3.05) is 0 Å². The highest BCUT2D eigenvalue weighted by Crippen LogP contribution is 2.25. The van der Waals surface area contributed by atoms with E-state index in [0.29, 0.717) is 21.5 Å². The molecule has 5 nitrogen and oxygen atoms in total. The molecule has 19 heavy (non-hydrogen) atoms. The minimum absolute atomic E-state index is 0.257. The molecule has 2 heterocycles. The average Bonchev–Trinajstić information content (AvgIpc) is 2.89. The number of halogens is 1. The third-order valence-corrected chi connectivity index (χ3v) is 4.05. The Balaban J connectivity index is 2.16. The fourth-order valence-electron chi connectivity index (χ4n) is 1.79. The first-order valence-electron chi connectivity index (χ1n) is 5.41. The fraction of sp³-hybridized carbons (Fsp3) is 0.0833. The number of aryl methyl sites for hydroxylation is 1. The van der Waals surface area contributed by atoms with Gasteiger partial charge in [0.25, 0.3) is 0 Å². The average molecular weight is 294 g/mol. The van der Waals surface area contributed by atoms with Crippen LogP contribution in [0.15, 0.2) is 24.3 Å². The summed E-state index contributed by atoms with van der Waals surface area (Å²) in [5.74, 6) is -0.423. The lowest BCUT2D eigenvalue weighted by molar-refractivity contribution is 0.0701. The summed E-state index contributed by atoms with van der Waals surface area (Å²) in [4.78, 5) is 16.2. The second kappa shape index (κ2) is 4.32. The van der Waals surface area contributed by atoms with E-state index < -0.39 is 5.97 Å². The van der Waals surface area contributed by atoms with Crippen molar-refractivity contribution in [3.8, 4) is 11.4 Å². The zero-order chi connectivity index (χ0) is 13.6. The van der Waals surface area contributed by atoms with Crippen LogP contribution in [0.1, 0.15) is 15.4 Å². The van der Waals surface area contributed by atoms with E-state index in [9.17, 15) is 4.79 Å². The monoisotopic (exact) mass is 293 g/mol. The van der Waals surface area contributed by atoms with Crippen molar-refractivity contribution < 1.29 is 9.90 Å². The predicted molar refractivity (Wildman–Crippen MR) is 73.0 cm³/mol. The molecule has 2 aromatic heterocycles. The van der Waals surface area contributed by atoms with Crippen molar-refractivity contribution in [3.63, 3.8) is 0 Å². The number of nitrogens with zero attached hydrogens (tertiary/aromatic N) is 3. The van der Waals surface area contributed by atoms with E-state index in [2.05, 4.69) is 10.1 Å². The van der Waals surface area contributed by atoms with E-state index in [1.54, 1.807) is 23.6 Å². The summed E-state index contributed by atoms with van der Waals surface area (Å²) in [6.07, 6.45) is 0. The lowest BCUT2D eigenvalue weighted by Crippen LogP contribution is -1.98. The molecule has 0 unspecified atom stereocenters. The summed E-state index contributed by atoms with van der Waals surface area (Å²) in [6.45, 7) is 1.71. The molecule has 0 aliphatic carbocycles. The molecule has 0 aliphatic heterocycles. The number of fused-ring (bicyclic) bond motifs is 1.